The predicted molar refractivity (Wildman–Crippen MR) is 87.4 cm³/mol. The summed E-state index contributed by atoms with van der Waals surface area (Å²) < 4.78 is 32.6. The summed E-state index contributed by atoms with van der Waals surface area (Å²) in [7, 11) is -3.12. The van der Waals surface area contributed by atoms with Crippen molar-refractivity contribution in [2.45, 2.75) is 63.5 Å². The van der Waals surface area contributed by atoms with E-state index < -0.39 is 10.0 Å². The Bertz CT molecular complexity index is 442. The van der Waals surface area contributed by atoms with Gasteiger partial charge in [0.1, 0.15) is 0 Å². The Morgan fingerprint density at radius 3 is 2.50 bits per heavy atom. The van der Waals surface area contributed by atoms with Gasteiger partial charge in [0.25, 0.3) is 0 Å². The van der Waals surface area contributed by atoms with E-state index in [2.05, 4.69) is 4.90 Å². The third-order valence-electron chi connectivity index (χ3n) is 5.38. The molecular weight excluding hydrogens is 300 g/mol. The Balaban J connectivity index is 1.53. The normalized spacial score (nSPS) is 32.4. The first-order chi connectivity index (χ1) is 10.6. The molecule has 0 radical (unpaired) electrons. The van der Waals surface area contributed by atoms with Crippen LogP contribution >= 0.6 is 0 Å². The SMILES string of the molecule is O=S(=O)(CC[C@H]1CCCO1)N1CCC[C@H](N2CCCCC2)C1. The number of ether oxygens (including phenoxy) is 1. The minimum Gasteiger partial charge on any atom is -0.378 e. The molecule has 3 rings (SSSR count). The highest BCUT2D eigenvalue weighted by molar-refractivity contribution is 7.89. The Hall–Kier alpha value is -0.170. The summed E-state index contributed by atoms with van der Waals surface area (Å²) in [4.78, 5) is 2.52. The molecule has 0 amide bonds. The number of hydrogen-bond acceptors (Lipinski definition) is 4. The predicted octanol–water partition coefficient (Wildman–Crippen LogP) is 1.84. The minimum absolute atomic E-state index is 0.164. The Morgan fingerprint density at radius 1 is 0.955 bits per heavy atom. The molecule has 3 aliphatic rings. The van der Waals surface area contributed by atoms with Crippen LogP contribution in [0.5, 0.6) is 0 Å². The average Bonchev–Trinajstić information content (AvgIpc) is 3.08. The zero-order valence-corrected chi connectivity index (χ0v) is 14.4. The highest BCUT2D eigenvalue weighted by Crippen LogP contribution is 2.23. The number of likely N-dealkylation sites (tertiary alicyclic amines) is 1. The fraction of sp³-hybridized carbons (Fsp3) is 1.00. The molecule has 0 aromatic rings. The zero-order valence-electron chi connectivity index (χ0n) is 13.6. The van der Waals surface area contributed by atoms with Gasteiger partial charge in [0, 0.05) is 25.7 Å². The third-order valence-corrected chi connectivity index (χ3v) is 7.25. The lowest BCUT2D eigenvalue weighted by atomic mass is 10.0. The van der Waals surface area contributed by atoms with E-state index in [4.69, 9.17) is 4.74 Å². The first-order valence-electron chi connectivity index (χ1n) is 8.99. The molecule has 128 valence electrons. The molecule has 0 spiro atoms. The lowest BCUT2D eigenvalue weighted by Gasteiger charge is -2.40. The van der Waals surface area contributed by atoms with Crippen molar-refractivity contribution in [3.63, 3.8) is 0 Å². The maximum absolute atomic E-state index is 12.6. The molecule has 0 unspecified atom stereocenters. The largest absolute Gasteiger partial charge is 0.378 e. The lowest BCUT2D eigenvalue weighted by Crippen LogP contribution is -2.51. The maximum atomic E-state index is 12.6. The number of sulfonamides is 1. The van der Waals surface area contributed by atoms with Crippen molar-refractivity contribution in [3.8, 4) is 0 Å². The van der Waals surface area contributed by atoms with Gasteiger partial charge in [-0.1, -0.05) is 6.42 Å². The summed E-state index contributed by atoms with van der Waals surface area (Å²) in [5.74, 6) is 0.254. The highest BCUT2D eigenvalue weighted by Gasteiger charge is 2.32. The summed E-state index contributed by atoms with van der Waals surface area (Å²) in [6.45, 7) is 4.50. The van der Waals surface area contributed by atoms with Crippen molar-refractivity contribution in [3.05, 3.63) is 0 Å². The average molecular weight is 330 g/mol. The van der Waals surface area contributed by atoms with Crippen LogP contribution in [0.4, 0.5) is 0 Å². The molecule has 3 fully saturated rings. The van der Waals surface area contributed by atoms with E-state index in [1.165, 1.54) is 19.3 Å². The van der Waals surface area contributed by atoms with Gasteiger partial charge < -0.3 is 4.74 Å². The van der Waals surface area contributed by atoms with Gasteiger partial charge >= 0.3 is 0 Å². The summed E-state index contributed by atoms with van der Waals surface area (Å²) in [5, 5.41) is 0. The standard InChI is InChI=1S/C16H30N2O3S/c19-22(20,13-8-16-7-5-12-21-16)18-11-4-6-15(14-18)17-9-2-1-3-10-17/h15-16H,1-14H2/t15-,16+/m0/s1. The van der Waals surface area contributed by atoms with Crippen LogP contribution in [0.15, 0.2) is 0 Å². The van der Waals surface area contributed by atoms with E-state index in [1.807, 2.05) is 0 Å². The van der Waals surface area contributed by atoms with Crippen LogP contribution in [0.2, 0.25) is 0 Å². The monoisotopic (exact) mass is 330 g/mol. The zero-order chi connectivity index (χ0) is 15.4. The van der Waals surface area contributed by atoms with Gasteiger partial charge in [-0.2, -0.15) is 0 Å². The van der Waals surface area contributed by atoms with Crippen LogP contribution in [-0.2, 0) is 14.8 Å². The second-order valence-electron chi connectivity index (χ2n) is 6.99. The molecule has 2 atom stereocenters. The van der Waals surface area contributed by atoms with Gasteiger partial charge in [0.15, 0.2) is 0 Å². The van der Waals surface area contributed by atoms with Gasteiger partial charge in [-0.25, -0.2) is 12.7 Å². The molecule has 0 aromatic heterocycles. The van der Waals surface area contributed by atoms with E-state index in [-0.39, 0.29) is 11.9 Å². The fourth-order valence-corrected chi connectivity index (χ4v) is 5.66. The Morgan fingerprint density at radius 2 is 1.77 bits per heavy atom. The fourth-order valence-electron chi connectivity index (χ4n) is 4.04. The van der Waals surface area contributed by atoms with Crippen LogP contribution in [-0.4, -0.2) is 68.3 Å². The molecule has 3 aliphatic heterocycles. The molecule has 3 saturated heterocycles. The molecule has 0 N–H and O–H groups in total. The second-order valence-corrected chi connectivity index (χ2v) is 9.08. The van der Waals surface area contributed by atoms with E-state index in [0.29, 0.717) is 25.6 Å². The molecular formula is C16H30N2O3S. The first kappa shape index (κ1) is 16.7. The molecule has 0 bridgehead atoms. The van der Waals surface area contributed by atoms with E-state index >= 15 is 0 Å². The van der Waals surface area contributed by atoms with Gasteiger partial charge in [-0.05, 0) is 58.0 Å². The van der Waals surface area contributed by atoms with E-state index in [0.717, 1.165) is 45.4 Å². The van der Waals surface area contributed by atoms with Gasteiger partial charge in [-0.3, -0.25) is 4.90 Å². The highest BCUT2D eigenvalue weighted by atomic mass is 32.2. The Labute approximate surface area is 135 Å². The molecule has 0 saturated carbocycles. The number of rotatable bonds is 5. The molecule has 6 heteroatoms. The van der Waals surface area contributed by atoms with Crippen LogP contribution in [0.3, 0.4) is 0 Å². The van der Waals surface area contributed by atoms with Crippen LogP contribution < -0.4 is 0 Å². The molecule has 22 heavy (non-hydrogen) atoms. The minimum atomic E-state index is -3.12. The third kappa shape index (κ3) is 4.22. The summed E-state index contributed by atoms with van der Waals surface area (Å²) in [6, 6.07) is 0.437. The quantitative estimate of drug-likeness (QED) is 0.772. The van der Waals surface area contributed by atoms with Crippen molar-refractivity contribution in [2.24, 2.45) is 0 Å². The number of piperidine rings is 2. The van der Waals surface area contributed by atoms with Crippen LogP contribution in [0.1, 0.15) is 51.4 Å². The maximum Gasteiger partial charge on any atom is 0.214 e. The summed E-state index contributed by atoms with van der Waals surface area (Å²) >= 11 is 0. The number of hydrogen-bond donors (Lipinski definition) is 0. The lowest BCUT2D eigenvalue weighted by molar-refractivity contribution is 0.106. The van der Waals surface area contributed by atoms with Crippen LogP contribution in [0, 0.1) is 0 Å². The Kier molecular flexibility index (Phi) is 5.76. The summed E-state index contributed by atoms with van der Waals surface area (Å²) in [6.07, 6.45) is 8.93. The topological polar surface area (TPSA) is 49.9 Å². The number of nitrogens with zero attached hydrogens (tertiary/aromatic N) is 2. The van der Waals surface area contributed by atoms with Crippen molar-refractivity contribution in [1.82, 2.24) is 9.21 Å². The van der Waals surface area contributed by atoms with Crippen molar-refractivity contribution >= 4 is 10.0 Å². The van der Waals surface area contributed by atoms with Crippen molar-refractivity contribution in [1.29, 1.82) is 0 Å². The van der Waals surface area contributed by atoms with Crippen molar-refractivity contribution < 1.29 is 13.2 Å². The molecule has 0 aromatic carbocycles. The molecule has 5 nitrogen and oxygen atoms in total. The van der Waals surface area contributed by atoms with Crippen molar-refractivity contribution in [2.75, 3.05) is 38.5 Å². The molecule has 0 aliphatic carbocycles. The van der Waals surface area contributed by atoms with Crippen LogP contribution in [0.25, 0.3) is 0 Å². The first-order valence-corrected chi connectivity index (χ1v) is 10.6. The second kappa shape index (κ2) is 7.60. The summed E-state index contributed by atoms with van der Waals surface area (Å²) in [5.41, 5.74) is 0. The van der Waals surface area contributed by atoms with Gasteiger partial charge in [0.05, 0.1) is 11.9 Å². The van der Waals surface area contributed by atoms with E-state index in [9.17, 15) is 8.42 Å². The molecule has 3 heterocycles. The van der Waals surface area contributed by atoms with Gasteiger partial charge in [0.2, 0.25) is 10.0 Å². The van der Waals surface area contributed by atoms with Gasteiger partial charge in [-0.15, -0.1) is 0 Å². The van der Waals surface area contributed by atoms with E-state index in [1.54, 1.807) is 4.31 Å². The smallest absolute Gasteiger partial charge is 0.214 e.